The maximum atomic E-state index is 5.59. The van der Waals surface area contributed by atoms with E-state index in [9.17, 15) is 0 Å². The van der Waals surface area contributed by atoms with Gasteiger partial charge in [0.05, 0.1) is 10.0 Å². The number of nitrogens with zero attached hydrogens (tertiary/aromatic N) is 1. The van der Waals surface area contributed by atoms with Gasteiger partial charge in [0.15, 0.2) is 0 Å². The molecule has 0 spiro atoms. The first-order valence-corrected chi connectivity index (χ1v) is 5.00. The highest BCUT2D eigenvalue weighted by molar-refractivity contribution is 9.10. The van der Waals surface area contributed by atoms with Gasteiger partial charge in [-0.05, 0) is 28.1 Å². The Balaban J connectivity index is 2.31. The number of para-hydroxylation sites is 1. The van der Waals surface area contributed by atoms with Gasteiger partial charge in [-0.2, -0.15) is 0 Å². The van der Waals surface area contributed by atoms with Gasteiger partial charge >= 0.3 is 0 Å². The van der Waals surface area contributed by atoms with Gasteiger partial charge in [0.2, 0.25) is 0 Å². The normalized spacial score (nSPS) is 12.9. The van der Waals surface area contributed by atoms with E-state index in [0.29, 0.717) is 6.61 Å². The molecule has 1 aromatic carbocycles. The Labute approximate surface area is 88.8 Å². The minimum atomic E-state index is 0.522. The monoisotopic (exact) mass is 251 g/mol. The van der Waals surface area contributed by atoms with Gasteiger partial charge < -0.3 is 9.26 Å². The topological polar surface area (TPSA) is 35.3 Å². The maximum Gasteiger partial charge on any atom is 0.143 e. The molecule has 0 bridgehead atoms. The fourth-order valence-corrected chi connectivity index (χ4v) is 2.05. The number of aromatic nitrogens is 1. The Morgan fingerprint density at radius 1 is 1.36 bits per heavy atom. The zero-order valence-electron chi connectivity index (χ0n) is 7.16. The van der Waals surface area contributed by atoms with Crippen LogP contribution in [-0.4, -0.2) is 5.16 Å². The lowest BCUT2D eigenvalue weighted by molar-refractivity contribution is 0.299. The summed E-state index contributed by atoms with van der Waals surface area (Å²) >= 11 is 3.44. The third-order valence-electron chi connectivity index (χ3n) is 2.24. The Morgan fingerprint density at radius 3 is 3.21 bits per heavy atom. The smallest absolute Gasteiger partial charge is 0.143 e. The summed E-state index contributed by atoms with van der Waals surface area (Å²) in [5.41, 5.74) is 2.86. The average molecular weight is 252 g/mol. The molecule has 0 amide bonds. The summed E-state index contributed by atoms with van der Waals surface area (Å²) in [6.45, 7) is 0.522. The van der Waals surface area contributed by atoms with Crippen LogP contribution in [0.2, 0.25) is 0 Å². The number of ether oxygens (including phenoxy) is 1. The van der Waals surface area contributed by atoms with E-state index < -0.39 is 0 Å². The van der Waals surface area contributed by atoms with E-state index in [-0.39, 0.29) is 0 Å². The third kappa shape index (κ3) is 1.00. The van der Waals surface area contributed by atoms with Crippen LogP contribution in [0.4, 0.5) is 0 Å². The Kier molecular flexibility index (Phi) is 1.64. The SMILES string of the molecule is Brc1cccc2c1OCc1conc1-2. The summed E-state index contributed by atoms with van der Waals surface area (Å²) in [6.07, 6.45) is 1.62. The average Bonchev–Trinajstić information content (AvgIpc) is 2.66. The van der Waals surface area contributed by atoms with Crippen molar-refractivity contribution in [1.82, 2.24) is 5.16 Å². The molecule has 0 aliphatic carbocycles. The van der Waals surface area contributed by atoms with E-state index in [2.05, 4.69) is 21.1 Å². The molecule has 2 aromatic rings. The van der Waals surface area contributed by atoms with E-state index >= 15 is 0 Å². The zero-order valence-corrected chi connectivity index (χ0v) is 8.74. The summed E-state index contributed by atoms with van der Waals surface area (Å²) in [5, 5.41) is 3.96. The Hall–Kier alpha value is -1.29. The number of benzene rings is 1. The molecule has 1 aliphatic heterocycles. The van der Waals surface area contributed by atoms with Crippen LogP contribution in [0.3, 0.4) is 0 Å². The van der Waals surface area contributed by atoms with Crippen molar-refractivity contribution in [3.05, 3.63) is 34.5 Å². The second-order valence-corrected chi connectivity index (χ2v) is 3.95. The fourth-order valence-electron chi connectivity index (χ4n) is 1.57. The largest absolute Gasteiger partial charge is 0.487 e. The van der Waals surface area contributed by atoms with Crippen molar-refractivity contribution in [1.29, 1.82) is 0 Å². The first kappa shape index (κ1) is 8.05. The van der Waals surface area contributed by atoms with Crippen molar-refractivity contribution in [2.24, 2.45) is 0 Å². The molecular weight excluding hydrogens is 246 g/mol. The predicted octanol–water partition coefficient (Wildman–Crippen LogP) is 3.00. The van der Waals surface area contributed by atoms with Crippen LogP contribution in [0, 0.1) is 0 Å². The summed E-state index contributed by atoms with van der Waals surface area (Å²) in [6, 6.07) is 5.88. The standard InChI is InChI=1S/C10H6BrNO2/c11-8-3-1-2-7-9-6(5-14-12-9)4-13-10(7)8/h1-3,5H,4H2. The minimum absolute atomic E-state index is 0.522. The predicted molar refractivity (Wildman–Crippen MR) is 54.0 cm³/mol. The lowest BCUT2D eigenvalue weighted by atomic mass is 10.1. The van der Waals surface area contributed by atoms with Crippen LogP contribution in [0.25, 0.3) is 11.3 Å². The molecule has 1 aromatic heterocycles. The van der Waals surface area contributed by atoms with Crippen LogP contribution < -0.4 is 4.74 Å². The summed E-state index contributed by atoms with van der Waals surface area (Å²) < 4.78 is 11.5. The summed E-state index contributed by atoms with van der Waals surface area (Å²) in [4.78, 5) is 0. The number of halogens is 1. The fraction of sp³-hybridized carbons (Fsp3) is 0.100. The molecule has 0 saturated heterocycles. The van der Waals surface area contributed by atoms with Gasteiger partial charge in [0, 0.05) is 5.56 Å². The highest BCUT2D eigenvalue weighted by Gasteiger charge is 2.22. The van der Waals surface area contributed by atoms with Crippen LogP contribution in [-0.2, 0) is 6.61 Å². The van der Waals surface area contributed by atoms with Gasteiger partial charge in [0.25, 0.3) is 0 Å². The van der Waals surface area contributed by atoms with Crippen LogP contribution in [0.15, 0.2) is 33.5 Å². The number of fused-ring (bicyclic) bond motifs is 3. The number of rotatable bonds is 0. The highest BCUT2D eigenvalue weighted by Crippen LogP contribution is 2.40. The molecule has 0 atom stereocenters. The molecule has 1 aliphatic rings. The van der Waals surface area contributed by atoms with E-state index in [1.165, 1.54) is 0 Å². The van der Waals surface area contributed by atoms with Crippen molar-refractivity contribution in [3.8, 4) is 17.0 Å². The highest BCUT2D eigenvalue weighted by atomic mass is 79.9. The molecule has 14 heavy (non-hydrogen) atoms. The van der Waals surface area contributed by atoms with Crippen molar-refractivity contribution in [2.75, 3.05) is 0 Å². The Bertz CT molecular complexity index is 493. The first-order valence-electron chi connectivity index (χ1n) is 4.21. The Morgan fingerprint density at radius 2 is 2.29 bits per heavy atom. The molecule has 0 radical (unpaired) electrons. The van der Waals surface area contributed by atoms with E-state index in [4.69, 9.17) is 9.26 Å². The number of hydrogen-bond donors (Lipinski definition) is 0. The first-order chi connectivity index (χ1) is 6.86. The van der Waals surface area contributed by atoms with Crippen LogP contribution in [0.5, 0.6) is 5.75 Å². The molecule has 0 saturated carbocycles. The van der Waals surface area contributed by atoms with Gasteiger partial charge in [-0.25, -0.2) is 0 Å². The van der Waals surface area contributed by atoms with E-state index in [1.54, 1.807) is 6.26 Å². The lowest BCUT2D eigenvalue weighted by Crippen LogP contribution is -2.04. The van der Waals surface area contributed by atoms with Crippen molar-refractivity contribution >= 4 is 15.9 Å². The maximum absolute atomic E-state index is 5.59. The van der Waals surface area contributed by atoms with Gasteiger partial charge in [0.1, 0.15) is 24.3 Å². The second-order valence-electron chi connectivity index (χ2n) is 3.09. The molecule has 4 heteroatoms. The molecule has 0 unspecified atom stereocenters. The molecular formula is C10H6BrNO2. The molecule has 0 fully saturated rings. The van der Waals surface area contributed by atoms with E-state index in [1.807, 2.05) is 18.2 Å². The lowest BCUT2D eigenvalue weighted by Gasteiger charge is -2.16. The summed E-state index contributed by atoms with van der Waals surface area (Å²) in [7, 11) is 0. The molecule has 0 N–H and O–H groups in total. The van der Waals surface area contributed by atoms with Crippen molar-refractivity contribution in [3.63, 3.8) is 0 Å². The van der Waals surface area contributed by atoms with Crippen molar-refractivity contribution < 1.29 is 9.26 Å². The minimum Gasteiger partial charge on any atom is -0.487 e. The van der Waals surface area contributed by atoms with Gasteiger partial charge in [-0.15, -0.1) is 0 Å². The van der Waals surface area contributed by atoms with Crippen LogP contribution in [0.1, 0.15) is 5.56 Å². The quantitative estimate of drug-likeness (QED) is 0.722. The summed E-state index contributed by atoms with van der Waals surface area (Å²) in [5.74, 6) is 0.842. The molecule has 3 rings (SSSR count). The van der Waals surface area contributed by atoms with Crippen LogP contribution >= 0.6 is 15.9 Å². The van der Waals surface area contributed by atoms with E-state index in [0.717, 1.165) is 27.0 Å². The van der Waals surface area contributed by atoms with Crippen molar-refractivity contribution in [2.45, 2.75) is 6.61 Å². The number of hydrogen-bond acceptors (Lipinski definition) is 3. The molecule has 3 nitrogen and oxygen atoms in total. The molecule has 2 heterocycles. The van der Waals surface area contributed by atoms with Gasteiger partial charge in [-0.1, -0.05) is 11.2 Å². The van der Waals surface area contributed by atoms with Gasteiger partial charge in [-0.3, -0.25) is 0 Å². The molecule has 70 valence electrons. The third-order valence-corrected chi connectivity index (χ3v) is 2.86. The second kappa shape index (κ2) is 2.85. The zero-order chi connectivity index (χ0) is 9.54.